The molecule has 0 saturated heterocycles. The molecule has 7 nitrogen and oxygen atoms in total. The van der Waals surface area contributed by atoms with Crippen LogP contribution in [0.2, 0.25) is 0 Å². The summed E-state index contributed by atoms with van der Waals surface area (Å²) >= 11 is 0. The van der Waals surface area contributed by atoms with E-state index in [1.54, 1.807) is 0 Å². The molecule has 2 aliphatic rings. The number of hydrogen-bond acceptors (Lipinski definition) is 6. The second kappa shape index (κ2) is 26.1. The minimum atomic E-state index is -0.377. The lowest BCUT2D eigenvalue weighted by Gasteiger charge is -2.47. The van der Waals surface area contributed by atoms with Crippen LogP contribution < -0.4 is 26.2 Å². The molecule has 0 atom stereocenters. The summed E-state index contributed by atoms with van der Waals surface area (Å²) in [5.41, 5.74) is 30.7. The fourth-order valence-corrected chi connectivity index (χ4v) is 16.1. The zero-order valence-corrected chi connectivity index (χ0v) is 72.0. The molecule has 7 heterocycles. The highest BCUT2D eigenvalue weighted by Gasteiger charge is 2.48. The molecule has 110 heavy (non-hydrogen) atoms. The van der Waals surface area contributed by atoms with Crippen molar-refractivity contribution in [2.45, 2.75) is 262 Å². The van der Waals surface area contributed by atoms with Gasteiger partial charge in [-0.3, -0.25) is 19.9 Å². The Morgan fingerprint density at radius 1 is 0.245 bits per heavy atom. The predicted molar refractivity (Wildman–Crippen MR) is 475 cm³/mol. The van der Waals surface area contributed by atoms with Crippen molar-refractivity contribution in [1.29, 1.82) is 0 Å². The summed E-state index contributed by atoms with van der Waals surface area (Å²) < 4.78 is 2.56. The summed E-state index contributed by atoms with van der Waals surface area (Å²) in [6.07, 6.45) is 0. The number of rotatable bonds is 7. The van der Waals surface area contributed by atoms with Crippen molar-refractivity contribution >= 4 is 79.0 Å². The molecule has 0 unspecified atom stereocenters. The third-order valence-corrected chi connectivity index (χ3v) is 23.1. The quantitative estimate of drug-likeness (QED) is 0.148. The summed E-state index contributed by atoms with van der Waals surface area (Å²) in [6.45, 7) is 69.5. The largest absolute Gasteiger partial charge is 0.310 e. The summed E-state index contributed by atoms with van der Waals surface area (Å²) in [5, 5.41) is 2.50. The Morgan fingerprint density at radius 3 is 0.882 bits per heavy atom. The van der Waals surface area contributed by atoms with Crippen molar-refractivity contribution < 1.29 is 0 Å². The van der Waals surface area contributed by atoms with Crippen LogP contribution >= 0.6 is 0 Å². The number of pyridine rings is 4. The highest BCUT2D eigenvalue weighted by molar-refractivity contribution is 7.00. The van der Waals surface area contributed by atoms with E-state index in [2.05, 4.69) is 404 Å². The molecule has 0 fully saturated rings. The molecule has 566 valence electrons. The van der Waals surface area contributed by atoms with Crippen molar-refractivity contribution in [3.8, 4) is 50.7 Å². The molecule has 8 heteroatoms. The van der Waals surface area contributed by atoms with E-state index in [9.17, 15) is 0 Å². The smallest absolute Gasteiger partial charge is 0.252 e. The van der Waals surface area contributed by atoms with Gasteiger partial charge >= 0.3 is 0 Å². The molecular weight excluding hydrogens is 1330 g/mol. The predicted octanol–water partition coefficient (Wildman–Crippen LogP) is 26.1. The van der Waals surface area contributed by atoms with Crippen LogP contribution in [0.25, 0.3) is 72.5 Å². The average Bonchev–Trinajstić information content (AvgIpc) is 0.740. The maximum atomic E-state index is 5.87. The van der Waals surface area contributed by atoms with Crippen LogP contribution in [0.4, 0.5) is 34.1 Å². The van der Waals surface area contributed by atoms with Gasteiger partial charge in [0.15, 0.2) is 0 Å². The van der Waals surface area contributed by atoms with Crippen LogP contribution in [0, 0.1) is 0 Å². The Morgan fingerprint density at radius 2 is 0.555 bits per heavy atom. The van der Waals surface area contributed by atoms with E-state index < -0.39 is 0 Å². The maximum Gasteiger partial charge on any atom is 0.252 e. The fourth-order valence-electron chi connectivity index (χ4n) is 16.1. The van der Waals surface area contributed by atoms with Crippen molar-refractivity contribution in [2.24, 2.45) is 0 Å². The number of nitrogens with zero attached hydrogens (tertiary/aromatic N) is 7. The van der Waals surface area contributed by atoms with Gasteiger partial charge in [0, 0.05) is 106 Å². The third-order valence-electron chi connectivity index (χ3n) is 23.1. The van der Waals surface area contributed by atoms with Crippen molar-refractivity contribution in [3.63, 3.8) is 0 Å². The third kappa shape index (κ3) is 14.0. The minimum absolute atomic E-state index is 0.0740. The molecule has 5 aromatic heterocycles. The van der Waals surface area contributed by atoms with Gasteiger partial charge in [-0.2, -0.15) is 0 Å². The van der Waals surface area contributed by atoms with Crippen molar-refractivity contribution in [3.05, 3.63) is 238 Å². The Hall–Kier alpha value is -9.40. The van der Waals surface area contributed by atoms with Crippen LogP contribution in [0.15, 0.2) is 182 Å². The molecule has 0 aliphatic carbocycles. The molecule has 0 spiro atoms. The Kier molecular flexibility index (Phi) is 18.4. The van der Waals surface area contributed by atoms with E-state index in [1.807, 2.05) is 0 Å². The Balaban J connectivity index is 1.23. The molecule has 0 amide bonds. The molecule has 7 aromatic carbocycles. The molecule has 2 aliphatic heterocycles. The monoisotopic (exact) mass is 1450 g/mol. The van der Waals surface area contributed by atoms with Gasteiger partial charge in [-0.25, -0.2) is 0 Å². The lowest BCUT2D eigenvalue weighted by atomic mass is 9.33. The standard InChI is InChI=1S/C102H120BN7/c1-93(2,3)61-43-48-80-68(51-61)69-52-62(94(4,5)6)44-49-81(69)108(80)67-46-47-74-83(60-67)110(92-72(78-37-33-41-88(106-78)101(25,26)27)55-65(97(13,14)15)56-73(92)79-38-34-42-89(107-79)102(28,29)30)85-59-66(98(16,17)18)58-84-90(85)103(74)75-57-63(95(7,8)9)45-50-82(75)109(84)91-70(76-35-31-39-86(104-76)99(19,20)21)53-64(96(10,11)12)54-71(91)77-36-32-40-87(105-77)100(22,23)24/h31-60H,1-30H3. The van der Waals surface area contributed by atoms with Gasteiger partial charge in [0.05, 0.1) is 45.2 Å². The Labute approximate surface area is 660 Å². The summed E-state index contributed by atoms with van der Waals surface area (Å²) in [6, 6.07) is 71.2. The second-order valence-electron chi connectivity index (χ2n) is 42.3. The first kappa shape index (κ1) is 77.3. The molecule has 0 N–H and O–H groups in total. The van der Waals surface area contributed by atoms with Gasteiger partial charge in [0.2, 0.25) is 0 Å². The molecule has 0 bridgehead atoms. The molecular formula is C102H120BN7. The zero-order chi connectivity index (χ0) is 79.8. The normalized spacial score (nSPS) is 14.0. The molecule has 14 rings (SSSR count). The van der Waals surface area contributed by atoms with E-state index >= 15 is 0 Å². The first-order valence-electron chi connectivity index (χ1n) is 40.3. The van der Waals surface area contributed by atoms with Crippen LogP contribution in [0.1, 0.15) is 264 Å². The molecule has 0 radical (unpaired) electrons. The second-order valence-corrected chi connectivity index (χ2v) is 42.3. The highest BCUT2D eigenvalue weighted by Crippen LogP contribution is 2.56. The highest BCUT2D eigenvalue weighted by atomic mass is 15.2. The summed E-state index contributed by atoms with van der Waals surface area (Å²) in [4.78, 5) is 28.8. The van der Waals surface area contributed by atoms with E-state index in [-0.39, 0.29) is 60.9 Å². The van der Waals surface area contributed by atoms with E-state index in [0.29, 0.717) is 0 Å². The van der Waals surface area contributed by atoms with Gasteiger partial charge < -0.3 is 14.4 Å². The van der Waals surface area contributed by atoms with Crippen LogP contribution in [-0.2, 0) is 54.1 Å². The van der Waals surface area contributed by atoms with Crippen molar-refractivity contribution in [2.75, 3.05) is 9.80 Å². The number of benzene rings is 7. The van der Waals surface area contributed by atoms with Crippen LogP contribution in [0.5, 0.6) is 0 Å². The number of anilines is 6. The molecule has 12 aromatic rings. The van der Waals surface area contributed by atoms with E-state index in [0.717, 1.165) is 108 Å². The number of aromatic nitrogens is 5. The number of fused-ring (bicyclic) bond motifs is 7. The summed E-state index contributed by atoms with van der Waals surface area (Å²) in [5.74, 6) is 0. The maximum absolute atomic E-state index is 5.87. The van der Waals surface area contributed by atoms with Gasteiger partial charge in [-0.15, -0.1) is 0 Å². The molecule has 0 saturated carbocycles. The zero-order valence-electron chi connectivity index (χ0n) is 72.0. The van der Waals surface area contributed by atoms with E-state index in [1.165, 1.54) is 71.6 Å². The average molecular weight is 1450 g/mol. The van der Waals surface area contributed by atoms with Gasteiger partial charge in [0.1, 0.15) is 0 Å². The number of hydrogen-bond donors (Lipinski definition) is 0. The van der Waals surface area contributed by atoms with Gasteiger partial charge in [0.25, 0.3) is 6.71 Å². The Bertz CT molecular complexity index is 5440. The SMILES string of the molecule is CC(C)(C)c1ccc2c(c1)B1c3ccc(-n4c5ccc(C(C)(C)C)cc5c5cc(C(C)(C)C)ccc54)cc3N(c3c(-c4cccc(C(C)(C)C)n4)cc(C(C)(C)C)cc3-c3cccc(C(C)(C)C)n3)c3cc(C(C)(C)C)cc(c31)N2c1c(-c2cccc(C(C)(C)C)n2)cc(C(C)(C)C)cc1-c1cccc(C(C)(C)C)n1. The van der Waals surface area contributed by atoms with Gasteiger partial charge in [-0.05, 0) is 210 Å². The van der Waals surface area contributed by atoms with Gasteiger partial charge in [-0.1, -0.05) is 262 Å². The van der Waals surface area contributed by atoms with Crippen LogP contribution in [0.3, 0.4) is 0 Å². The minimum Gasteiger partial charge on any atom is -0.310 e. The lowest BCUT2D eigenvalue weighted by molar-refractivity contribution is 0.569. The van der Waals surface area contributed by atoms with E-state index in [4.69, 9.17) is 19.9 Å². The lowest BCUT2D eigenvalue weighted by Crippen LogP contribution is -2.61. The first-order chi connectivity index (χ1) is 50.8. The summed E-state index contributed by atoms with van der Waals surface area (Å²) in [7, 11) is 0. The topological polar surface area (TPSA) is 63.0 Å². The van der Waals surface area contributed by atoms with Crippen LogP contribution in [-0.4, -0.2) is 31.2 Å². The first-order valence-corrected chi connectivity index (χ1v) is 40.3. The fraction of sp³-hybridized carbons (Fsp3) is 0.392. The van der Waals surface area contributed by atoms with Crippen molar-refractivity contribution in [1.82, 2.24) is 24.5 Å².